The van der Waals surface area contributed by atoms with Crippen LogP contribution in [0.3, 0.4) is 0 Å². The van der Waals surface area contributed by atoms with Crippen molar-refractivity contribution in [2.45, 2.75) is 45.5 Å². The summed E-state index contributed by atoms with van der Waals surface area (Å²) >= 11 is 0. The highest BCUT2D eigenvalue weighted by molar-refractivity contribution is 6.89. The number of rotatable bonds is 4. The Kier molecular flexibility index (Phi) is 4.28. The van der Waals surface area contributed by atoms with Gasteiger partial charge in [0, 0.05) is 0 Å². The molecule has 0 amide bonds. The minimum atomic E-state index is -1.33. The zero-order valence-electron chi connectivity index (χ0n) is 12.1. The maximum Gasteiger partial charge on any atom is 0.0831 e. The molecule has 1 fully saturated rings. The molecule has 0 spiro atoms. The normalized spacial score (nSPS) is 24.7. The molecule has 1 aliphatic rings. The van der Waals surface area contributed by atoms with Crippen molar-refractivity contribution in [3.63, 3.8) is 0 Å². The van der Waals surface area contributed by atoms with E-state index in [1.54, 1.807) is 5.19 Å². The van der Waals surface area contributed by atoms with E-state index in [9.17, 15) is 0 Å². The third kappa shape index (κ3) is 3.24. The largest absolute Gasteiger partial charge is 0.378 e. The van der Waals surface area contributed by atoms with Crippen LogP contribution in [0.25, 0.3) is 0 Å². The van der Waals surface area contributed by atoms with Gasteiger partial charge in [0.05, 0.1) is 20.8 Å². The average molecular weight is 262 g/mol. The fraction of sp³-hybridized carbons (Fsp3) is 0.625. The van der Waals surface area contributed by atoms with Crippen LogP contribution < -0.4 is 5.19 Å². The predicted molar refractivity (Wildman–Crippen MR) is 81.1 cm³/mol. The van der Waals surface area contributed by atoms with Crippen molar-refractivity contribution in [3.8, 4) is 0 Å². The summed E-state index contributed by atoms with van der Waals surface area (Å²) in [6.45, 7) is 10.5. The second-order valence-electron chi connectivity index (χ2n) is 6.65. The Labute approximate surface area is 113 Å². The third-order valence-corrected chi connectivity index (χ3v) is 7.72. The lowest BCUT2D eigenvalue weighted by atomic mass is 9.94. The molecule has 100 valence electrons. The van der Waals surface area contributed by atoms with Crippen LogP contribution in [0, 0.1) is 11.8 Å². The molecule has 0 saturated carbocycles. The highest BCUT2D eigenvalue weighted by Gasteiger charge is 2.33. The molecule has 2 atom stereocenters. The standard InChI is InChI=1S/C16H26OSi/c1-13(2)14-10-15(17-11-14)12-18(3,4)16-8-6-5-7-9-16/h5-9,13-15H,10-12H2,1-4H3. The molecule has 0 bridgehead atoms. The van der Waals surface area contributed by atoms with Gasteiger partial charge in [-0.25, -0.2) is 0 Å². The summed E-state index contributed by atoms with van der Waals surface area (Å²) < 4.78 is 6.02. The van der Waals surface area contributed by atoms with E-state index < -0.39 is 8.07 Å². The van der Waals surface area contributed by atoms with E-state index in [4.69, 9.17) is 4.74 Å². The van der Waals surface area contributed by atoms with Gasteiger partial charge in [0.1, 0.15) is 0 Å². The number of hydrogen-bond acceptors (Lipinski definition) is 1. The highest BCUT2D eigenvalue weighted by atomic mass is 28.3. The molecule has 1 aromatic carbocycles. The summed E-state index contributed by atoms with van der Waals surface area (Å²) in [5, 5.41) is 1.56. The molecule has 2 heteroatoms. The Hall–Kier alpha value is -0.603. The van der Waals surface area contributed by atoms with Gasteiger partial charge in [-0.3, -0.25) is 0 Å². The van der Waals surface area contributed by atoms with E-state index in [0.29, 0.717) is 6.10 Å². The Bertz CT molecular complexity index is 372. The molecule has 0 N–H and O–H groups in total. The molecule has 2 rings (SSSR count). The lowest BCUT2D eigenvalue weighted by Crippen LogP contribution is -2.43. The third-order valence-electron chi connectivity index (χ3n) is 4.35. The first-order valence-electron chi connectivity index (χ1n) is 7.16. The maximum absolute atomic E-state index is 6.02. The van der Waals surface area contributed by atoms with E-state index >= 15 is 0 Å². The summed E-state index contributed by atoms with van der Waals surface area (Å²) in [5.74, 6) is 1.53. The van der Waals surface area contributed by atoms with Gasteiger partial charge in [0.2, 0.25) is 0 Å². The molecule has 1 aliphatic heterocycles. The molecule has 0 aromatic heterocycles. The van der Waals surface area contributed by atoms with Crippen LogP contribution in [0.15, 0.2) is 30.3 Å². The second kappa shape index (κ2) is 5.58. The fourth-order valence-corrected chi connectivity index (χ4v) is 5.67. The fourth-order valence-electron chi connectivity index (χ4n) is 2.92. The van der Waals surface area contributed by atoms with E-state index in [1.165, 1.54) is 12.5 Å². The van der Waals surface area contributed by atoms with Crippen molar-refractivity contribution in [1.82, 2.24) is 0 Å². The lowest BCUT2D eigenvalue weighted by molar-refractivity contribution is 0.116. The van der Waals surface area contributed by atoms with Gasteiger partial charge in [-0.05, 0) is 24.3 Å². The quantitative estimate of drug-likeness (QED) is 0.752. The van der Waals surface area contributed by atoms with Crippen molar-refractivity contribution in [3.05, 3.63) is 30.3 Å². The maximum atomic E-state index is 6.02. The first kappa shape index (κ1) is 13.8. The van der Waals surface area contributed by atoms with Gasteiger partial charge >= 0.3 is 0 Å². The molecule has 0 aliphatic carbocycles. The molecular weight excluding hydrogens is 236 g/mol. The van der Waals surface area contributed by atoms with Crippen LogP contribution in [0.4, 0.5) is 0 Å². The van der Waals surface area contributed by atoms with Crippen molar-refractivity contribution in [2.24, 2.45) is 11.8 Å². The van der Waals surface area contributed by atoms with Gasteiger partial charge in [-0.15, -0.1) is 0 Å². The summed E-state index contributed by atoms with van der Waals surface area (Å²) in [5.41, 5.74) is 0. The minimum absolute atomic E-state index is 0.499. The van der Waals surface area contributed by atoms with Crippen LogP contribution in [0.2, 0.25) is 19.1 Å². The first-order chi connectivity index (χ1) is 8.49. The zero-order valence-corrected chi connectivity index (χ0v) is 13.1. The van der Waals surface area contributed by atoms with E-state index in [0.717, 1.165) is 18.4 Å². The van der Waals surface area contributed by atoms with Crippen molar-refractivity contribution >= 4 is 13.3 Å². The summed E-state index contributed by atoms with van der Waals surface area (Å²) in [7, 11) is -1.33. The molecular formula is C16H26OSi. The van der Waals surface area contributed by atoms with E-state index in [1.807, 2.05) is 0 Å². The van der Waals surface area contributed by atoms with Gasteiger partial charge in [-0.2, -0.15) is 0 Å². The van der Waals surface area contributed by atoms with E-state index in [2.05, 4.69) is 57.3 Å². The van der Waals surface area contributed by atoms with Crippen LogP contribution in [0.1, 0.15) is 20.3 Å². The Morgan fingerprint density at radius 1 is 1.22 bits per heavy atom. The molecule has 2 unspecified atom stereocenters. The molecule has 0 radical (unpaired) electrons. The summed E-state index contributed by atoms with van der Waals surface area (Å²) in [6.07, 6.45) is 1.76. The molecule has 1 aromatic rings. The average Bonchev–Trinajstić information content (AvgIpc) is 2.78. The van der Waals surface area contributed by atoms with Crippen molar-refractivity contribution < 1.29 is 4.74 Å². The Morgan fingerprint density at radius 3 is 2.44 bits per heavy atom. The van der Waals surface area contributed by atoms with Crippen LogP contribution >= 0.6 is 0 Å². The second-order valence-corrected chi connectivity index (χ2v) is 11.4. The highest BCUT2D eigenvalue weighted by Crippen LogP contribution is 2.30. The van der Waals surface area contributed by atoms with Crippen LogP contribution in [-0.4, -0.2) is 20.8 Å². The Balaban J connectivity index is 1.97. The topological polar surface area (TPSA) is 9.23 Å². The zero-order chi connectivity index (χ0) is 13.2. The molecule has 18 heavy (non-hydrogen) atoms. The lowest BCUT2D eigenvalue weighted by Gasteiger charge is -2.26. The van der Waals surface area contributed by atoms with Crippen LogP contribution in [0.5, 0.6) is 0 Å². The van der Waals surface area contributed by atoms with E-state index in [-0.39, 0.29) is 0 Å². The summed E-state index contributed by atoms with van der Waals surface area (Å²) in [4.78, 5) is 0. The van der Waals surface area contributed by atoms with Crippen molar-refractivity contribution in [2.75, 3.05) is 6.61 Å². The minimum Gasteiger partial charge on any atom is -0.378 e. The Morgan fingerprint density at radius 2 is 1.89 bits per heavy atom. The predicted octanol–water partition coefficient (Wildman–Crippen LogP) is 3.66. The number of benzene rings is 1. The SMILES string of the molecule is CC(C)C1COC(C[Si](C)(C)c2ccccc2)C1. The molecule has 1 heterocycles. The first-order valence-corrected chi connectivity index (χ1v) is 10.4. The van der Waals surface area contributed by atoms with Gasteiger partial charge in [0.25, 0.3) is 0 Å². The van der Waals surface area contributed by atoms with Gasteiger partial charge in [0.15, 0.2) is 0 Å². The monoisotopic (exact) mass is 262 g/mol. The van der Waals surface area contributed by atoms with Crippen molar-refractivity contribution in [1.29, 1.82) is 0 Å². The van der Waals surface area contributed by atoms with Gasteiger partial charge in [-0.1, -0.05) is 62.5 Å². The number of hydrogen-bond donors (Lipinski definition) is 0. The van der Waals surface area contributed by atoms with Gasteiger partial charge < -0.3 is 4.74 Å². The van der Waals surface area contributed by atoms with Crippen LogP contribution in [-0.2, 0) is 4.74 Å². The molecule has 1 nitrogen and oxygen atoms in total. The summed E-state index contributed by atoms with van der Waals surface area (Å²) in [6, 6.07) is 12.3. The molecule has 1 saturated heterocycles. The number of ether oxygens (including phenoxy) is 1. The smallest absolute Gasteiger partial charge is 0.0831 e.